The Bertz CT molecular complexity index is 534. The van der Waals surface area contributed by atoms with Gasteiger partial charge in [-0.3, -0.25) is 4.98 Å². The van der Waals surface area contributed by atoms with E-state index in [-0.39, 0.29) is 4.90 Å². The smallest absolute Gasteiger partial charge is 0.244 e. The summed E-state index contributed by atoms with van der Waals surface area (Å²) < 4.78 is 26.5. The van der Waals surface area contributed by atoms with Gasteiger partial charge in [0.25, 0.3) is 0 Å². The molecule has 5 nitrogen and oxygen atoms in total. The third-order valence-corrected chi connectivity index (χ3v) is 5.33. The molecule has 106 valence electrons. The van der Waals surface area contributed by atoms with E-state index in [0.29, 0.717) is 24.0 Å². The molecule has 1 aromatic rings. The van der Waals surface area contributed by atoms with E-state index in [0.717, 1.165) is 19.4 Å². The van der Waals surface area contributed by atoms with Crippen LogP contribution in [0.15, 0.2) is 23.4 Å². The zero-order valence-corrected chi connectivity index (χ0v) is 12.4. The van der Waals surface area contributed by atoms with Crippen molar-refractivity contribution in [2.45, 2.75) is 17.7 Å². The molecule has 1 atom stereocenters. The minimum absolute atomic E-state index is 0.171. The maximum absolute atomic E-state index is 12.5. The third-order valence-electron chi connectivity index (χ3n) is 3.29. The van der Waals surface area contributed by atoms with Gasteiger partial charge in [-0.15, -0.1) is 0 Å². The van der Waals surface area contributed by atoms with Gasteiger partial charge in [-0.25, -0.2) is 8.42 Å². The summed E-state index contributed by atoms with van der Waals surface area (Å²) in [5.74, 6) is 0.362. The van der Waals surface area contributed by atoms with Crippen molar-refractivity contribution in [3.8, 4) is 0 Å². The monoisotopic (exact) mass is 303 g/mol. The van der Waals surface area contributed by atoms with Gasteiger partial charge in [0.1, 0.15) is 4.90 Å². The molecule has 19 heavy (non-hydrogen) atoms. The van der Waals surface area contributed by atoms with Crippen molar-refractivity contribution in [2.75, 3.05) is 26.7 Å². The number of pyridine rings is 1. The van der Waals surface area contributed by atoms with Crippen molar-refractivity contribution in [3.05, 3.63) is 23.5 Å². The minimum atomic E-state index is -3.48. The molecule has 2 heterocycles. The SMILES string of the molecule is CNCC1CCCN(S(=O)(=O)c2cncc(Cl)c2)C1. The molecule has 1 aliphatic heterocycles. The van der Waals surface area contributed by atoms with Crippen LogP contribution in [-0.4, -0.2) is 44.4 Å². The lowest BCUT2D eigenvalue weighted by Gasteiger charge is -2.31. The van der Waals surface area contributed by atoms with Gasteiger partial charge >= 0.3 is 0 Å². The van der Waals surface area contributed by atoms with Crippen molar-refractivity contribution < 1.29 is 8.42 Å². The molecule has 0 bridgehead atoms. The van der Waals surface area contributed by atoms with Crippen molar-refractivity contribution >= 4 is 21.6 Å². The van der Waals surface area contributed by atoms with Gasteiger partial charge in [0.2, 0.25) is 10.0 Å². The molecule has 0 aliphatic carbocycles. The van der Waals surface area contributed by atoms with Crippen LogP contribution >= 0.6 is 11.6 Å². The average Bonchev–Trinajstić information content (AvgIpc) is 2.39. The molecule has 0 spiro atoms. The standard InChI is InChI=1S/C12H18ClN3O2S/c1-14-6-10-3-2-4-16(9-10)19(17,18)12-5-11(13)7-15-8-12/h5,7-8,10,14H,2-4,6,9H2,1H3. The molecule has 1 unspecified atom stereocenters. The number of sulfonamides is 1. The molecule has 0 aromatic carbocycles. The van der Waals surface area contributed by atoms with Crippen molar-refractivity contribution in [1.29, 1.82) is 0 Å². The van der Waals surface area contributed by atoms with E-state index in [9.17, 15) is 8.42 Å². The summed E-state index contributed by atoms with van der Waals surface area (Å²) >= 11 is 5.81. The van der Waals surface area contributed by atoms with Crippen LogP contribution < -0.4 is 5.32 Å². The van der Waals surface area contributed by atoms with E-state index >= 15 is 0 Å². The van der Waals surface area contributed by atoms with E-state index in [2.05, 4.69) is 10.3 Å². The Hall–Kier alpha value is -0.690. The summed E-state index contributed by atoms with van der Waals surface area (Å²) in [6, 6.07) is 1.45. The second kappa shape index (κ2) is 6.17. The lowest BCUT2D eigenvalue weighted by atomic mass is 10.00. The first kappa shape index (κ1) is 14.7. The largest absolute Gasteiger partial charge is 0.319 e. The number of nitrogens with zero attached hydrogens (tertiary/aromatic N) is 2. The Morgan fingerprint density at radius 1 is 1.53 bits per heavy atom. The zero-order chi connectivity index (χ0) is 13.9. The van der Waals surface area contributed by atoms with Crippen molar-refractivity contribution in [2.24, 2.45) is 5.92 Å². The highest BCUT2D eigenvalue weighted by Crippen LogP contribution is 2.24. The minimum Gasteiger partial charge on any atom is -0.319 e. The van der Waals surface area contributed by atoms with Crippen LogP contribution in [0.2, 0.25) is 5.02 Å². The fraction of sp³-hybridized carbons (Fsp3) is 0.583. The molecule has 0 saturated carbocycles. The third kappa shape index (κ3) is 3.45. The number of rotatable bonds is 4. The first-order chi connectivity index (χ1) is 9.04. The van der Waals surface area contributed by atoms with Gasteiger partial charge in [0, 0.05) is 25.5 Å². The molecule has 0 radical (unpaired) electrons. The zero-order valence-electron chi connectivity index (χ0n) is 10.8. The summed E-state index contributed by atoms with van der Waals surface area (Å²) in [5, 5.41) is 3.44. The summed E-state index contributed by atoms with van der Waals surface area (Å²) in [5.41, 5.74) is 0. The molecule has 1 aromatic heterocycles. The highest BCUT2D eigenvalue weighted by molar-refractivity contribution is 7.89. The normalized spacial score (nSPS) is 21.5. The van der Waals surface area contributed by atoms with Gasteiger partial charge in [-0.2, -0.15) is 4.31 Å². The molecule has 1 aliphatic rings. The van der Waals surface area contributed by atoms with Gasteiger partial charge < -0.3 is 5.32 Å². The summed E-state index contributed by atoms with van der Waals surface area (Å²) in [6.45, 7) is 1.95. The molecule has 1 fully saturated rings. The second-order valence-electron chi connectivity index (χ2n) is 4.77. The highest BCUT2D eigenvalue weighted by Gasteiger charge is 2.30. The van der Waals surface area contributed by atoms with Crippen molar-refractivity contribution in [1.82, 2.24) is 14.6 Å². The van der Waals surface area contributed by atoms with Crippen LogP contribution in [0, 0.1) is 5.92 Å². The second-order valence-corrected chi connectivity index (χ2v) is 7.14. The van der Waals surface area contributed by atoms with Crippen molar-refractivity contribution in [3.63, 3.8) is 0 Å². The first-order valence-corrected chi connectivity index (χ1v) is 8.11. The van der Waals surface area contributed by atoms with Crippen LogP contribution in [-0.2, 0) is 10.0 Å². The number of hydrogen-bond acceptors (Lipinski definition) is 4. The number of aromatic nitrogens is 1. The van der Waals surface area contributed by atoms with Gasteiger partial charge in [-0.05, 0) is 38.4 Å². The van der Waals surface area contributed by atoms with Gasteiger partial charge in [0.15, 0.2) is 0 Å². The average molecular weight is 304 g/mol. The molecule has 0 amide bonds. The molecular formula is C12H18ClN3O2S. The van der Waals surface area contributed by atoms with E-state index < -0.39 is 10.0 Å². The van der Waals surface area contributed by atoms with E-state index in [4.69, 9.17) is 11.6 Å². The topological polar surface area (TPSA) is 62.3 Å². The quantitative estimate of drug-likeness (QED) is 0.912. The number of hydrogen-bond donors (Lipinski definition) is 1. The molecule has 7 heteroatoms. The molecule has 1 N–H and O–H groups in total. The maximum atomic E-state index is 12.5. The Balaban J connectivity index is 2.19. The van der Waals surface area contributed by atoms with Crippen LogP contribution in [0.3, 0.4) is 0 Å². The van der Waals surface area contributed by atoms with E-state index in [1.807, 2.05) is 7.05 Å². The van der Waals surface area contributed by atoms with Crippen LogP contribution in [0.4, 0.5) is 0 Å². The number of halogens is 1. The van der Waals surface area contributed by atoms with Gasteiger partial charge in [-0.1, -0.05) is 11.6 Å². The Morgan fingerprint density at radius 2 is 2.32 bits per heavy atom. The highest BCUT2D eigenvalue weighted by atomic mass is 35.5. The van der Waals surface area contributed by atoms with Crippen LogP contribution in [0.5, 0.6) is 0 Å². The Labute approximate surface area is 119 Å². The lowest BCUT2D eigenvalue weighted by molar-refractivity contribution is 0.263. The molecule has 2 rings (SSSR count). The lowest BCUT2D eigenvalue weighted by Crippen LogP contribution is -2.42. The summed E-state index contributed by atoms with van der Waals surface area (Å²) in [4.78, 5) is 4.02. The van der Waals surface area contributed by atoms with Gasteiger partial charge in [0.05, 0.1) is 5.02 Å². The molecular weight excluding hydrogens is 286 g/mol. The Kier molecular flexibility index (Phi) is 4.78. The van der Waals surface area contributed by atoms with Crippen LogP contribution in [0.25, 0.3) is 0 Å². The van der Waals surface area contributed by atoms with E-state index in [1.165, 1.54) is 22.8 Å². The van der Waals surface area contributed by atoms with E-state index in [1.54, 1.807) is 0 Å². The number of nitrogens with one attached hydrogen (secondary N) is 1. The van der Waals surface area contributed by atoms with Crippen LogP contribution in [0.1, 0.15) is 12.8 Å². The Morgan fingerprint density at radius 3 is 3.00 bits per heavy atom. The predicted octanol–water partition coefficient (Wildman–Crippen LogP) is 1.36. The molecule has 1 saturated heterocycles. The predicted molar refractivity (Wildman–Crippen MR) is 74.7 cm³/mol. The maximum Gasteiger partial charge on any atom is 0.244 e. The summed E-state index contributed by atoms with van der Waals surface area (Å²) in [6.07, 6.45) is 4.73. The first-order valence-electron chi connectivity index (χ1n) is 6.29. The number of piperidine rings is 1. The fourth-order valence-electron chi connectivity index (χ4n) is 2.38. The summed E-state index contributed by atoms with van der Waals surface area (Å²) in [7, 11) is -1.59. The fourth-order valence-corrected chi connectivity index (χ4v) is 4.17.